The van der Waals surface area contributed by atoms with E-state index >= 15 is 0 Å². The van der Waals surface area contributed by atoms with Crippen molar-refractivity contribution in [2.24, 2.45) is 5.73 Å². The molecule has 1 aromatic rings. The Kier molecular flexibility index (Phi) is 3.21. The first kappa shape index (κ1) is 11.1. The molecule has 0 bridgehead atoms. The number of carbonyl (C=O) groups excluding carboxylic acids is 1. The molecule has 14 heavy (non-hydrogen) atoms. The molecule has 0 saturated heterocycles. The summed E-state index contributed by atoms with van der Waals surface area (Å²) in [6.45, 7) is 6.26. The molecule has 0 aromatic carbocycles. The minimum absolute atomic E-state index is 0.0174. The van der Waals surface area contributed by atoms with Crippen LogP contribution in [0.4, 0.5) is 0 Å². The number of thioether (sulfide) groups is 1. The summed E-state index contributed by atoms with van der Waals surface area (Å²) in [7, 11) is 0. The van der Waals surface area contributed by atoms with E-state index < -0.39 is 0 Å². The summed E-state index contributed by atoms with van der Waals surface area (Å²) in [6.07, 6.45) is 3.64. The van der Waals surface area contributed by atoms with Crippen molar-refractivity contribution in [3.05, 3.63) is 12.4 Å². The lowest BCUT2D eigenvalue weighted by molar-refractivity contribution is -0.115. The Hall–Kier alpha value is -0.970. The number of imidazole rings is 1. The van der Waals surface area contributed by atoms with E-state index in [-0.39, 0.29) is 17.2 Å². The largest absolute Gasteiger partial charge is 0.369 e. The molecule has 1 aromatic heterocycles. The number of hydrogen-bond acceptors (Lipinski definition) is 3. The quantitative estimate of drug-likeness (QED) is 0.768. The van der Waals surface area contributed by atoms with Gasteiger partial charge in [0.25, 0.3) is 0 Å². The molecule has 0 unspecified atom stereocenters. The van der Waals surface area contributed by atoms with Crippen LogP contribution in [0, 0.1) is 0 Å². The fourth-order valence-corrected chi connectivity index (χ4v) is 1.92. The van der Waals surface area contributed by atoms with Crippen LogP contribution in [-0.4, -0.2) is 21.2 Å². The van der Waals surface area contributed by atoms with Crippen molar-refractivity contribution in [3.8, 4) is 0 Å². The fourth-order valence-electron chi connectivity index (χ4n) is 1.04. The van der Waals surface area contributed by atoms with Gasteiger partial charge in [0.05, 0.1) is 5.75 Å². The first-order valence-electron chi connectivity index (χ1n) is 4.36. The lowest BCUT2D eigenvalue weighted by Crippen LogP contribution is -2.22. The monoisotopic (exact) mass is 213 g/mol. The second kappa shape index (κ2) is 4.04. The number of carbonyl (C=O) groups is 1. The van der Waals surface area contributed by atoms with Gasteiger partial charge in [-0.3, -0.25) is 4.79 Å². The SMILES string of the molecule is CC(C)(C)n1ccnc1SCC(N)=O. The van der Waals surface area contributed by atoms with Crippen molar-refractivity contribution in [1.29, 1.82) is 0 Å². The van der Waals surface area contributed by atoms with Crippen LogP contribution in [0.3, 0.4) is 0 Å². The zero-order chi connectivity index (χ0) is 10.8. The Balaban J connectivity index is 2.78. The normalized spacial score (nSPS) is 11.6. The molecule has 1 heterocycles. The van der Waals surface area contributed by atoms with E-state index in [1.807, 2.05) is 10.8 Å². The molecule has 5 heteroatoms. The molecule has 0 spiro atoms. The summed E-state index contributed by atoms with van der Waals surface area (Å²) in [4.78, 5) is 14.8. The fraction of sp³-hybridized carbons (Fsp3) is 0.556. The van der Waals surface area contributed by atoms with Gasteiger partial charge in [0, 0.05) is 17.9 Å². The Morgan fingerprint density at radius 3 is 2.79 bits per heavy atom. The van der Waals surface area contributed by atoms with Gasteiger partial charge in [0.2, 0.25) is 5.91 Å². The zero-order valence-corrected chi connectivity index (χ0v) is 9.47. The van der Waals surface area contributed by atoms with Gasteiger partial charge in [-0.1, -0.05) is 11.8 Å². The highest BCUT2D eigenvalue weighted by Crippen LogP contribution is 2.23. The predicted molar refractivity (Wildman–Crippen MR) is 57.1 cm³/mol. The molecule has 0 aliphatic carbocycles. The third-order valence-corrected chi connectivity index (χ3v) is 2.66. The standard InChI is InChI=1S/C9H15N3OS/c1-9(2,3)12-5-4-11-8(12)14-6-7(10)13/h4-5H,6H2,1-3H3,(H2,10,13). The minimum atomic E-state index is -0.321. The molecule has 78 valence electrons. The molecule has 0 aliphatic heterocycles. The molecule has 2 N–H and O–H groups in total. The minimum Gasteiger partial charge on any atom is -0.369 e. The Labute approximate surface area is 87.9 Å². The summed E-state index contributed by atoms with van der Waals surface area (Å²) >= 11 is 1.37. The number of primary amides is 1. The summed E-state index contributed by atoms with van der Waals surface area (Å²) < 4.78 is 2.03. The summed E-state index contributed by atoms with van der Waals surface area (Å²) in [5.41, 5.74) is 5.05. The first-order chi connectivity index (χ1) is 6.41. The van der Waals surface area contributed by atoms with Gasteiger partial charge in [-0.15, -0.1) is 0 Å². The van der Waals surface area contributed by atoms with E-state index in [4.69, 9.17) is 5.73 Å². The summed E-state index contributed by atoms with van der Waals surface area (Å²) in [5.74, 6) is -0.0499. The smallest absolute Gasteiger partial charge is 0.227 e. The molecule has 0 aliphatic rings. The maximum absolute atomic E-state index is 10.6. The summed E-state index contributed by atoms with van der Waals surface area (Å²) in [6, 6.07) is 0. The van der Waals surface area contributed by atoms with Gasteiger partial charge in [-0.25, -0.2) is 4.98 Å². The van der Waals surface area contributed by atoms with Crippen LogP contribution >= 0.6 is 11.8 Å². The van der Waals surface area contributed by atoms with Crippen molar-refractivity contribution in [1.82, 2.24) is 9.55 Å². The maximum Gasteiger partial charge on any atom is 0.227 e. The van der Waals surface area contributed by atoms with Crippen molar-refractivity contribution in [3.63, 3.8) is 0 Å². The van der Waals surface area contributed by atoms with E-state index in [0.29, 0.717) is 0 Å². The highest BCUT2D eigenvalue weighted by Gasteiger charge is 2.16. The average Bonchev–Trinajstić information content (AvgIpc) is 2.46. The van der Waals surface area contributed by atoms with Crippen LogP contribution in [0.1, 0.15) is 20.8 Å². The summed E-state index contributed by atoms with van der Waals surface area (Å²) in [5, 5.41) is 0.830. The van der Waals surface area contributed by atoms with Gasteiger partial charge in [0.1, 0.15) is 0 Å². The number of aromatic nitrogens is 2. The Morgan fingerprint density at radius 1 is 1.64 bits per heavy atom. The number of hydrogen-bond donors (Lipinski definition) is 1. The highest BCUT2D eigenvalue weighted by atomic mass is 32.2. The van der Waals surface area contributed by atoms with Crippen LogP contribution in [0.15, 0.2) is 17.6 Å². The van der Waals surface area contributed by atoms with E-state index in [0.717, 1.165) is 5.16 Å². The Morgan fingerprint density at radius 2 is 2.29 bits per heavy atom. The highest BCUT2D eigenvalue weighted by molar-refractivity contribution is 7.99. The molecular formula is C9H15N3OS. The van der Waals surface area contributed by atoms with E-state index in [2.05, 4.69) is 25.8 Å². The molecule has 0 saturated carbocycles. The number of nitrogens with two attached hydrogens (primary N) is 1. The van der Waals surface area contributed by atoms with Crippen molar-refractivity contribution < 1.29 is 4.79 Å². The predicted octanol–water partition coefficient (Wildman–Crippen LogP) is 1.22. The third-order valence-electron chi connectivity index (χ3n) is 1.67. The van der Waals surface area contributed by atoms with Crippen molar-refractivity contribution in [2.45, 2.75) is 31.5 Å². The number of nitrogens with zero attached hydrogens (tertiary/aromatic N) is 2. The molecule has 0 fully saturated rings. The molecular weight excluding hydrogens is 198 g/mol. The zero-order valence-electron chi connectivity index (χ0n) is 8.65. The Bertz CT molecular complexity index is 327. The maximum atomic E-state index is 10.6. The molecule has 4 nitrogen and oxygen atoms in total. The topological polar surface area (TPSA) is 60.9 Å². The second-order valence-corrected chi connectivity index (χ2v) is 4.95. The van der Waals surface area contributed by atoms with Gasteiger partial charge < -0.3 is 10.3 Å². The lowest BCUT2D eigenvalue weighted by atomic mass is 10.1. The lowest BCUT2D eigenvalue weighted by Gasteiger charge is -2.22. The van der Waals surface area contributed by atoms with Gasteiger partial charge in [-0.2, -0.15) is 0 Å². The third kappa shape index (κ3) is 2.77. The van der Waals surface area contributed by atoms with E-state index in [1.165, 1.54) is 11.8 Å². The van der Waals surface area contributed by atoms with E-state index in [1.54, 1.807) is 6.20 Å². The second-order valence-electron chi connectivity index (χ2n) is 4.01. The molecule has 0 atom stereocenters. The average molecular weight is 213 g/mol. The van der Waals surface area contributed by atoms with Crippen molar-refractivity contribution in [2.75, 3.05) is 5.75 Å². The van der Waals surface area contributed by atoms with Crippen LogP contribution in [0.2, 0.25) is 0 Å². The molecule has 1 amide bonds. The van der Waals surface area contributed by atoms with Crippen LogP contribution < -0.4 is 5.73 Å². The van der Waals surface area contributed by atoms with Crippen LogP contribution in [-0.2, 0) is 10.3 Å². The van der Waals surface area contributed by atoms with Crippen molar-refractivity contribution >= 4 is 17.7 Å². The number of amides is 1. The molecule has 1 rings (SSSR count). The van der Waals surface area contributed by atoms with E-state index in [9.17, 15) is 4.79 Å². The van der Waals surface area contributed by atoms with Gasteiger partial charge >= 0.3 is 0 Å². The van der Waals surface area contributed by atoms with Crippen LogP contribution in [0.25, 0.3) is 0 Å². The van der Waals surface area contributed by atoms with Gasteiger partial charge in [0.15, 0.2) is 5.16 Å². The number of rotatable bonds is 3. The van der Waals surface area contributed by atoms with Gasteiger partial charge in [-0.05, 0) is 20.8 Å². The first-order valence-corrected chi connectivity index (χ1v) is 5.35. The molecule has 0 radical (unpaired) electrons. The van der Waals surface area contributed by atoms with Crippen LogP contribution in [0.5, 0.6) is 0 Å².